The Labute approximate surface area is 125 Å². The lowest BCUT2D eigenvalue weighted by Gasteiger charge is -2.26. The maximum absolute atomic E-state index is 12.1. The Morgan fingerprint density at radius 2 is 2.21 bits per heavy atom. The lowest BCUT2D eigenvalue weighted by Crippen LogP contribution is -2.34. The van der Waals surface area contributed by atoms with E-state index in [1.54, 1.807) is 12.1 Å². The molecule has 0 heterocycles. The topological polar surface area (TPSA) is 20.3 Å². The largest absolute Gasteiger partial charge is 0.302 e. The first-order valence-electron chi connectivity index (χ1n) is 6.56. The number of carbonyl (C=O) groups excluding carboxylic acids is 1. The Morgan fingerprint density at radius 1 is 1.47 bits per heavy atom. The van der Waals surface area contributed by atoms with E-state index in [-0.39, 0.29) is 5.78 Å². The van der Waals surface area contributed by atoms with Gasteiger partial charge >= 0.3 is 0 Å². The fourth-order valence-corrected chi connectivity index (χ4v) is 3.08. The van der Waals surface area contributed by atoms with Crippen LogP contribution in [0.5, 0.6) is 0 Å². The maximum atomic E-state index is 12.1. The number of carbonyl (C=O) groups is 1. The van der Waals surface area contributed by atoms with E-state index in [9.17, 15) is 4.79 Å². The van der Waals surface area contributed by atoms with Crippen LogP contribution in [0.2, 0.25) is 5.02 Å². The van der Waals surface area contributed by atoms with Gasteiger partial charge in [0.1, 0.15) is 0 Å². The van der Waals surface area contributed by atoms with Crippen molar-refractivity contribution in [2.45, 2.75) is 25.8 Å². The Balaban J connectivity index is 2.49. The molecule has 0 N–H and O–H groups in total. The number of rotatable bonds is 8. The molecule has 106 valence electrons. The van der Waals surface area contributed by atoms with Crippen LogP contribution in [0.15, 0.2) is 24.3 Å². The molecule has 2 nitrogen and oxygen atoms in total. The number of halogens is 1. The van der Waals surface area contributed by atoms with Crippen molar-refractivity contribution in [2.24, 2.45) is 0 Å². The quantitative estimate of drug-likeness (QED) is 0.677. The van der Waals surface area contributed by atoms with Gasteiger partial charge in [0, 0.05) is 35.3 Å². The van der Waals surface area contributed by atoms with Gasteiger partial charge in [-0.1, -0.05) is 30.7 Å². The molecule has 0 saturated carbocycles. The first-order valence-corrected chi connectivity index (χ1v) is 8.33. The van der Waals surface area contributed by atoms with Crippen molar-refractivity contribution in [1.82, 2.24) is 4.90 Å². The minimum absolute atomic E-state index is 0.161. The normalized spacial score (nSPS) is 12.7. The highest BCUT2D eigenvalue weighted by Crippen LogP contribution is 2.14. The Hall–Kier alpha value is -0.510. The van der Waals surface area contributed by atoms with Gasteiger partial charge in [0.15, 0.2) is 5.78 Å². The van der Waals surface area contributed by atoms with Gasteiger partial charge < -0.3 is 4.90 Å². The third-order valence-electron chi connectivity index (χ3n) is 3.29. The number of ketones is 1. The molecule has 0 aromatic heterocycles. The van der Waals surface area contributed by atoms with Gasteiger partial charge in [0.05, 0.1) is 0 Å². The molecule has 0 aliphatic carbocycles. The molecule has 0 amide bonds. The van der Waals surface area contributed by atoms with Crippen LogP contribution in [0, 0.1) is 0 Å². The van der Waals surface area contributed by atoms with E-state index in [0.29, 0.717) is 23.0 Å². The van der Waals surface area contributed by atoms with Gasteiger partial charge in [0.2, 0.25) is 0 Å². The zero-order valence-electron chi connectivity index (χ0n) is 11.9. The zero-order chi connectivity index (χ0) is 14.3. The van der Waals surface area contributed by atoms with Crippen LogP contribution in [-0.4, -0.2) is 42.3 Å². The molecular formula is C15H22ClNOS. The monoisotopic (exact) mass is 299 g/mol. The molecule has 1 atom stereocenters. The average Bonchev–Trinajstić information content (AvgIpc) is 2.41. The molecule has 0 aliphatic rings. The van der Waals surface area contributed by atoms with Gasteiger partial charge in [-0.05, 0) is 31.9 Å². The molecular weight excluding hydrogens is 278 g/mol. The number of thioether (sulfide) groups is 1. The molecule has 0 radical (unpaired) electrons. The van der Waals surface area contributed by atoms with Crippen molar-refractivity contribution in [3.05, 3.63) is 34.9 Å². The minimum Gasteiger partial charge on any atom is -0.302 e. The summed E-state index contributed by atoms with van der Waals surface area (Å²) >= 11 is 7.75. The highest BCUT2D eigenvalue weighted by molar-refractivity contribution is 7.98. The first kappa shape index (κ1) is 16.5. The summed E-state index contributed by atoms with van der Waals surface area (Å²) in [6.07, 6.45) is 3.78. The minimum atomic E-state index is 0.161. The van der Waals surface area contributed by atoms with E-state index in [1.807, 2.05) is 23.9 Å². The summed E-state index contributed by atoms with van der Waals surface area (Å²) in [4.78, 5) is 14.4. The summed E-state index contributed by atoms with van der Waals surface area (Å²) in [6, 6.07) is 7.72. The average molecular weight is 300 g/mol. The number of benzene rings is 1. The Morgan fingerprint density at radius 3 is 2.79 bits per heavy atom. The Kier molecular flexibility index (Phi) is 7.51. The van der Waals surface area contributed by atoms with Crippen molar-refractivity contribution in [2.75, 3.05) is 25.6 Å². The second-order valence-electron chi connectivity index (χ2n) is 4.68. The van der Waals surface area contributed by atoms with Crippen LogP contribution in [-0.2, 0) is 0 Å². The first-order chi connectivity index (χ1) is 9.08. The molecule has 19 heavy (non-hydrogen) atoms. The maximum Gasteiger partial charge on any atom is 0.164 e. The molecule has 4 heteroatoms. The fourth-order valence-electron chi connectivity index (χ4n) is 2.02. The van der Waals surface area contributed by atoms with Crippen molar-refractivity contribution in [1.29, 1.82) is 0 Å². The summed E-state index contributed by atoms with van der Waals surface area (Å²) in [5.41, 5.74) is 0.707. The molecule has 1 aromatic carbocycles. The van der Waals surface area contributed by atoms with Gasteiger partial charge in [-0.2, -0.15) is 11.8 Å². The second kappa shape index (κ2) is 8.62. The highest BCUT2D eigenvalue weighted by Gasteiger charge is 2.14. The molecule has 0 aliphatic heterocycles. The summed E-state index contributed by atoms with van der Waals surface area (Å²) in [5, 5.41) is 0.619. The van der Waals surface area contributed by atoms with Crippen LogP contribution in [0.3, 0.4) is 0 Å². The van der Waals surface area contributed by atoms with Gasteiger partial charge in [-0.3, -0.25) is 4.79 Å². The molecule has 1 rings (SSSR count). The molecule has 0 fully saturated rings. The predicted octanol–water partition coefficient (Wildman–Crippen LogP) is 3.99. The van der Waals surface area contributed by atoms with Crippen molar-refractivity contribution >= 4 is 29.1 Å². The fraction of sp³-hybridized carbons (Fsp3) is 0.533. The van der Waals surface area contributed by atoms with Crippen molar-refractivity contribution < 1.29 is 4.79 Å². The molecule has 1 aromatic rings. The third-order valence-corrected chi connectivity index (χ3v) is 4.25. The van der Waals surface area contributed by atoms with Crippen LogP contribution < -0.4 is 0 Å². The standard InChI is InChI=1S/C15H22ClNOS/c1-4-14(11-19-3)17(2)9-8-15(18)12-6-5-7-13(16)10-12/h5-7,10,14H,4,8-9,11H2,1-3H3. The van der Waals surface area contributed by atoms with Crippen LogP contribution in [0.1, 0.15) is 30.1 Å². The number of hydrogen-bond acceptors (Lipinski definition) is 3. The van der Waals surface area contributed by atoms with E-state index in [0.717, 1.165) is 18.7 Å². The van der Waals surface area contributed by atoms with Crippen LogP contribution >= 0.6 is 23.4 Å². The molecule has 1 unspecified atom stereocenters. The van der Waals surface area contributed by atoms with E-state index < -0.39 is 0 Å². The Bertz CT molecular complexity index is 411. The van der Waals surface area contributed by atoms with E-state index in [4.69, 9.17) is 11.6 Å². The van der Waals surface area contributed by atoms with E-state index in [2.05, 4.69) is 25.1 Å². The number of hydrogen-bond donors (Lipinski definition) is 0. The second-order valence-corrected chi connectivity index (χ2v) is 6.03. The third kappa shape index (κ3) is 5.55. The number of Topliss-reactive ketones (excluding diaryl/α,β-unsaturated/α-hetero) is 1. The summed E-state index contributed by atoms with van der Waals surface area (Å²) < 4.78 is 0. The lowest BCUT2D eigenvalue weighted by atomic mass is 10.1. The van der Waals surface area contributed by atoms with Crippen molar-refractivity contribution in [3.8, 4) is 0 Å². The smallest absolute Gasteiger partial charge is 0.164 e. The van der Waals surface area contributed by atoms with Crippen LogP contribution in [0.25, 0.3) is 0 Å². The summed E-state index contributed by atoms with van der Waals surface area (Å²) in [6.45, 7) is 2.99. The summed E-state index contributed by atoms with van der Waals surface area (Å²) in [7, 11) is 2.09. The molecule has 0 spiro atoms. The van der Waals surface area contributed by atoms with E-state index >= 15 is 0 Å². The number of nitrogens with zero attached hydrogens (tertiary/aromatic N) is 1. The zero-order valence-corrected chi connectivity index (χ0v) is 13.4. The summed E-state index contributed by atoms with van der Waals surface area (Å²) in [5.74, 6) is 1.27. The van der Waals surface area contributed by atoms with Gasteiger partial charge in [0.25, 0.3) is 0 Å². The lowest BCUT2D eigenvalue weighted by molar-refractivity contribution is 0.0962. The van der Waals surface area contributed by atoms with Gasteiger partial charge in [-0.25, -0.2) is 0 Å². The highest BCUT2D eigenvalue weighted by atomic mass is 35.5. The van der Waals surface area contributed by atoms with Gasteiger partial charge in [-0.15, -0.1) is 0 Å². The van der Waals surface area contributed by atoms with Crippen molar-refractivity contribution in [3.63, 3.8) is 0 Å². The molecule has 0 bridgehead atoms. The predicted molar refractivity (Wildman–Crippen MR) is 85.5 cm³/mol. The van der Waals surface area contributed by atoms with Crippen LogP contribution in [0.4, 0.5) is 0 Å². The SMILES string of the molecule is CCC(CSC)N(C)CCC(=O)c1cccc(Cl)c1. The molecule has 0 saturated heterocycles. The van der Waals surface area contributed by atoms with E-state index in [1.165, 1.54) is 0 Å².